The predicted octanol–water partition coefficient (Wildman–Crippen LogP) is 1.27. The van der Waals surface area contributed by atoms with E-state index in [1.54, 1.807) is 6.20 Å². The van der Waals surface area contributed by atoms with Gasteiger partial charge in [0.05, 0.1) is 6.54 Å². The van der Waals surface area contributed by atoms with Gasteiger partial charge in [0.1, 0.15) is 11.3 Å². The molecular weight excluding hydrogens is 223 g/mol. The number of pyridine rings is 1. The van der Waals surface area contributed by atoms with Crippen LogP contribution in [0, 0.1) is 0 Å². The minimum Gasteiger partial charge on any atom is -0.324 e. The van der Waals surface area contributed by atoms with Gasteiger partial charge in [-0.2, -0.15) is 0 Å². The summed E-state index contributed by atoms with van der Waals surface area (Å²) in [5.41, 5.74) is 7.29. The van der Waals surface area contributed by atoms with Crippen LogP contribution >= 0.6 is 24.8 Å². The molecule has 0 radical (unpaired) electrons. The van der Waals surface area contributed by atoms with Crippen LogP contribution in [-0.2, 0) is 13.6 Å². The highest BCUT2D eigenvalue weighted by atomic mass is 35.5. The molecule has 0 bridgehead atoms. The molecule has 0 saturated heterocycles. The van der Waals surface area contributed by atoms with Gasteiger partial charge in [-0.15, -0.1) is 24.8 Å². The van der Waals surface area contributed by atoms with Gasteiger partial charge in [-0.25, -0.2) is 9.97 Å². The summed E-state index contributed by atoms with van der Waals surface area (Å²) >= 11 is 0. The Kier molecular flexibility index (Phi) is 4.83. The van der Waals surface area contributed by atoms with E-state index < -0.39 is 0 Å². The first kappa shape index (κ1) is 13.2. The van der Waals surface area contributed by atoms with Gasteiger partial charge in [0.2, 0.25) is 0 Å². The van der Waals surface area contributed by atoms with E-state index in [0.29, 0.717) is 6.54 Å². The second-order valence-corrected chi connectivity index (χ2v) is 2.64. The van der Waals surface area contributed by atoms with Crippen molar-refractivity contribution in [2.45, 2.75) is 6.54 Å². The van der Waals surface area contributed by atoms with Crippen LogP contribution in [0.3, 0.4) is 0 Å². The molecule has 0 aliphatic rings. The third-order valence-corrected chi connectivity index (χ3v) is 1.90. The predicted molar refractivity (Wildman–Crippen MR) is 60.9 cm³/mol. The molecule has 0 aliphatic heterocycles. The zero-order valence-corrected chi connectivity index (χ0v) is 9.31. The molecule has 4 nitrogen and oxygen atoms in total. The van der Waals surface area contributed by atoms with Crippen molar-refractivity contribution in [1.29, 1.82) is 0 Å². The zero-order chi connectivity index (χ0) is 8.55. The highest BCUT2D eigenvalue weighted by Crippen LogP contribution is 2.10. The monoisotopic (exact) mass is 234 g/mol. The fourth-order valence-corrected chi connectivity index (χ4v) is 1.25. The second kappa shape index (κ2) is 5.14. The molecule has 14 heavy (non-hydrogen) atoms. The van der Waals surface area contributed by atoms with Crippen molar-refractivity contribution < 1.29 is 0 Å². The highest BCUT2D eigenvalue weighted by Gasteiger charge is 2.04. The zero-order valence-electron chi connectivity index (χ0n) is 7.67. The molecule has 0 aliphatic carbocycles. The fourth-order valence-electron chi connectivity index (χ4n) is 1.25. The number of halogens is 2. The van der Waals surface area contributed by atoms with E-state index in [-0.39, 0.29) is 24.8 Å². The summed E-state index contributed by atoms with van der Waals surface area (Å²) in [4.78, 5) is 8.50. The number of imidazole rings is 1. The molecule has 0 saturated carbocycles. The number of nitrogens with two attached hydrogens (primary N) is 1. The van der Waals surface area contributed by atoms with E-state index in [0.717, 1.165) is 17.0 Å². The maximum atomic E-state index is 5.50. The van der Waals surface area contributed by atoms with E-state index in [1.165, 1.54) is 0 Å². The third kappa shape index (κ3) is 1.97. The quantitative estimate of drug-likeness (QED) is 0.809. The van der Waals surface area contributed by atoms with Crippen molar-refractivity contribution in [2.24, 2.45) is 12.8 Å². The van der Waals surface area contributed by atoms with Crippen molar-refractivity contribution in [3.63, 3.8) is 0 Å². The first-order valence-corrected chi connectivity index (χ1v) is 3.79. The maximum Gasteiger partial charge on any atom is 0.159 e. The maximum absolute atomic E-state index is 5.50. The Morgan fingerprint density at radius 2 is 2.14 bits per heavy atom. The Labute approximate surface area is 94.3 Å². The van der Waals surface area contributed by atoms with E-state index in [2.05, 4.69) is 9.97 Å². The molecule has 2 N–H and O–H groups in total. The molecule has 0 atom stereocenters. The van der Waals surface area contributed by atoms with Gasteiger partial charge < -0.3 is 10.3 Å². The molecule has 0 fully saturated rings. The summed E-state index contributed by atoms with van der Waals surface area (Å²) < 4.78 is 1.91. The number of aryl methyl sites for hydroxylation is 1. The van der Waals surface area contributed by atoms with Crippen molar-refractivity contribution >= 4 is 36.0 Å². The lowest BCUT2D eigenvalue weighted by atomic mass is 10.4. The van der Waals surface area contributed by atoms with Gasteiger partial charge in [0.15, 0.2) is 5.65 Å². The lowest BCUT2D eigenvalue weighted by Crippen LogP contribution is -2.04. The van der Waals surface area contributed by atoms with Crippen LogP contribution in [0.5, 0.6) is 0 Å². The summed E-state index contributed by atoms with van der Waals surface area (Å²) in [6.07, 6.45) is 1.75. The van der Waals surface area contributed by atoms with Crippen molar-refractivity contribution in [3.8, 4) is 0 Å². The summed E-state index contributed by atoms with van der Waals surface area (Å²) in [5, 5.41) is 0. The van der Waals surface area contributed by atoms with E-state index in [1.807, 2.05) is 23.7 Å². The van der Waals surface area contributed by atoms with Crippen molar-refractivity contribution in [3.05, 3.63) is 24.2 Å². The average Bonchev–Trinajstić information content (AvgIpc) is 2.44. The van der Waals surface area contributed by atoms with Crippen LogP contribution in [0.25, 0.3) is 11.2 Å². The summed E-state index contributed by atoms with van der Waals surface area (Å²) in [6, 6.07) is 3.80. The Bertz CT molecular complexity index is 413. The van der Waals surface area contributed by atoms with Gasteiger partial charge in [0, 0.05) is 13.2 Å². The summed E-state index contributed by atoms with van der Waals surface area (Å²) in [5.74, 6) is 0.865. The smallest absolute Gasteiger partial charge is 0.159 e. The topological polar surface area (TPSA) is 56.7 Å². The van der Waals surface area contributed by atoms with Gasteiger partial charge in [-0.05, 0) is 12.1 Å². The molecule has 2 aromatic heterocycles. The number of nitrogens with zero attached hydrogens (tertiary/aromatic N) is 3. The Hall–Kier alpha value is -0.840. The first-order chi connectivity index (χ1) is 5.83. The van der Waals surface area contributed by atoms with Crippen molar-refractivity contribution in [1.82, 2.24) is 14.5 Å². The number of hydrogen-bond donors (Lipinski definition) is 1. The molecule has 2 rings (SSSR count). The first-order valence-electron chi connectivity index (χ1n) is 3.79. The molecular formula is C8H12Cl2N4. The number of fused-ring (bicyclic) bond motifs is 1. The molecule has 78 valence electrons. The van der Waals surface area contributed by atoms with Gasteiger partial charge in [0.25, 0.3) is 0 Å². The highest BCUT2D eigenvalue weighted by molar-refractivity contribution is 5.85. The van der Waals surface area contributed by atoms with Crippen LogP contribution in [-0.4, -0.2) is 14.5 Å². The summed E-state index contributed by atoms with van der Waals surface area (Å²) in [6.45, 7) is 0.451. The molecule has 2 aromatic rings. The Morgan fingerprint density at radius 3 is 2.71 bits per heavy atom. The minimum atomic E-state index is 0. The van der Waals surface area contributed by atoms with Crippen molar-refractivity contribution in [2.75, 3.05) is 0 Å². The number of hydrogen-bond acceptors (Lipinski definition) is 3. The van der Waals surface area contributed by atoms with Crippen LogP contribution in [0.2, 0.25) is 0 Å². The van der Waals surface area contributed by atoms with Gasteiger partial charge >= 0.3 is 0 Å². The molecule has 2 heterocycles. The molecule has 6 heteroatoms. The van der Waals surface area contributed by atoms with E-state index >= 15 is 0 Å². The standard InChI is InChI=1S/C8H10N4.2ClH/c1-12-7(5-9)11-6-3-2-4-10-8(6)12;;/h2-4H,5,9H2,1H3;2*1H. The average molecular weight is 235 g/mol. The minimum absolute atomic E-state index is 0. The van der Waals surface area contributed by atoms with E-state index in [4.69, 9.17) is 5.73 Å². The Balaban J connectivity index is 0.000000845. The third-order valence-electron chi connectivity index (χ3n) is 1.90. The van der Waals surface area contributed by atoms with E-state index in [9.17, 15) is 0 Å². The van der Waals surface area contributed by atoms with Gasteiger partial charge in [-0.1, -0.05) is 0 Å². The van der Waals surface area contributed by atoms with Crippen LogP contribution in [0.15, 0.2) is 18.3 Å². The molecule has 0 aromatic carbocycles. The molecule has 0 amide bonds. The number of aromatic nitrogens is 3. The fraction of sp³-hybridized carbons (Fsp3) is 0.250. The van der Waals surface area contributed by atoms with Crippen LogP contribution < -0.4 is 5.73 Å². The Morgan fingerprint density at radius 1 is 1.43 bits per heavy atom. The largest absolute Gasteiger partial charge is 0.324 e. The molecule has 0 unspecified atom stereocenters. The number of rotatable bonds is 1. The second-order valence-electron chi connectivity index (χ2n) is 2.64. The molecule has 0 spiro atoms. The SMILES string of the molecule is Cl.Cl.Cn1c(CN)nc2cccnc21. The van der Waals surface area contributed by atoms with Crippen LogP contribution in [0.1, 0.15) is 5.82 Å². The van der Waals surface area contributed by atoms with Gasteiger partial charge in [-0.3, -0.25) is 0 Å². The lowest BCUT2D eigenvalue weighted by Gasteiger charge is -1.95. The summed E-state index contributed by atoms with van der Waals surface area (Å²) in [7, 11) is 1.92. The lowest BCUT2D eigenvalue weighted by molar-refractivity contribution is 0.806. The van der Waals surface area contributed by atoms with Crippen LogP contribution in [0.4, 0.5) is 0 Å². The normalized spacial score (nSPS) is 9.29.